The van der Waals surface area contributed by atoms with Crippen LogP contribution in [0, 0.1) is 5.92 Å². The Morgan fingerprint density at radius 2 is 1.82 bits per heavy atom. The van der Waals surface area contributed by atoms with Crippen LogP contribution in [0.1, 0.15) is 51.4 Å². The topological polar surface area (TPSA) is 44.4 Å². The fourth-order valence-corrected chi connectivity index (χ4v) is 4.20. The predicted molar refractivity (Wildman–Crippen MR) is 95.1 cm³/mol. The van der Waals surface area contributed by atoms with E-state index in [2.05, 4.69) is 15.5 Å². The first-order chi connectivity index (χ1) is 9.83. The van der Waals surface area contributed by atoms with Crippen molar-refractivity contribution >= 4 is 30.7 Å². The molecule has 4 nitrogen and oxygen atoms in total. The number of rotatable bonds is 4. The van der Waals surface area contributed by atoms with E-state index in [1.165, 1.54) is 45.2 Å². The SMILES string of the molecule is Cl.Cl.O=C(CCC1CCNCC1)NC1CCN2CCCCC12. The highest BCUT2D eigenvalue weighted by Gasteiger charge is 2.36. The molecule has 0 spiro atoms. The summed E-state index contributed by atoms with van der Waals surface area (Å²) in [5.74, 6) is 1.05. The maximum absolute atomic E-state index is 12.2. The van der Waals surface area contributed by atoms with E-state index in [9.17, 15) is 4.79 Å². The van der Waals surface area contributed by atoms with Crippen LogP contribution in [0.25, 0.3) is 0 Å². The molecule has 3 aliphatic rings. The smallest absolute Gasteiger partial charge is 0.220 e. The number of hydrogen-bond acceptors (Lipinski definition) is 3. The first kappa shape index (κ1) is 20.0. The Bertz CT molecular complexity index is 337. The van der Waals surface area contributed by atoms with Crippen LogP contribution in [0.15, 0.2) is 0 Å². The number of halogens is 2. The number of amides is 1. The minimum absolute atomic E-state index is 0. The van der Waals surface area contributed by atoms with Crippen molar-refractivity contribution in [3.63, 3.8) is 0 Å². The minimum Gasteiger partial charge on any atom is -0.352 e. The van der Waals surface area contributed by atoms with Gasteiger partial charge in [0.15, 0.2) is 0 Å². The second-order valence-corrected chi connectivity index (χ2v) is 6.79. The third-order valence-corrected chi connectivity index (χ3v) is 5.44. The number of piperidine rings is 2. The van der Waals surface area contributed by atoms with Crippen molar-refractivity contribution in [1.29, 1.82) is 0 Å². The zero-order valence-electron chi connectivity index (χ0n) is 13.4. The van der Waals surface area contributed by atoms with E-state index in [4.69, 9.17) is 0 Å². The second kappa shape index (κ2) is 9.96. The summed E-state index contributed by atoms with van der Waals surface area (Å²) < 4.78 is 0. The summed E-state index contributed by atoms with van der Waals surface area (Å²) in [7, 11) is 0. The molecular weight excluding hydrogens is 321 g/mol. The van der Waals surface area contributed by atoms with E-state index in [1.54, 1.807) is 0 Å². The Balaban J connectivity index is 0.00000121. The molecule has 3 heterocycles. The monoisotopic (exact) mass is 351 g/mol. The number of carbonyl (C=O) groups is 1. The summed E-state index contributed by atoms with van der Waals surface area (Å²) in [4.78, 5) is 14.8. The molecule has 1 amide bonds. The van der Waals surface area contributed by atoms with Gasteiger partial charge in [0.1, 0.15) is 0 Å². The Labute approximate surface area is 147 Å². The normalized spacial score (nSPS) is 29.1. The number of carbonyl (C=O) groups excluding carboxylic acids is 1. The largest absolute Gasteiger partial charge is 0.352 e. The standard InChI is InChI=1S/C16H29N3O.2ClH/c20-16(5-4-13-6-9-17-10-7-13)18-14-8-12-19-11-2-1-3-15(14)19;;/h13-15,17H,1-12H2,(H,18,20);2*1H. The van der Waals surface area contributed by atoms with Crippen LogP contribution in [-0.2, 0) is 4.79 Å². The first-order valence-corrected chi connectivity index (χ1v) is 8.57. The molecule has 0 radical (unpaired) electrons. The summed E-state index contributed by atoms with van der Waals surface area (Å²) in [6.07, 6.45) is 9.40. The highest BCUT2D eigenvalue weighted by Crippen LogP contribution is 2.27. The van der Waals surface area contributed by atoms with Gasteiger partial charge in [0.25, 0.3) is 0 Å². The fraction of sp³-hybridized carbons (Fsp3) is 0.938. The number of nitrogens with zero attached hydrogens (tertiary/aromatic N) is 1. The number of fused-ring (bicyclic) bond motifs is 1. The van der Waals surface area contributed by atoms with Gasteiger partial charge in [0.2, 0.25) is 5.91 Å². The molecule has 6 heteroatoms. The average molecular weight is 352 g/mol. The van der Waals surface area contributed by atoms with Crippen LogP contribution in [-0.4, -0.2) is 49.1 Å². The lowest BCUT2D eigenvalue weighted by Crippen LogP contribution is -2.46. The van der Waals surface area contributed by atoms with E-state index < -0.39 is 0 Å². The maximum Gasteiger partial charge on any atom is 0.220 e. The van der Waals surface area contributed by atoms with Gasteiger partial charge in [-0.3, -0.25) is 9.69 Å². The molecule has 0 aromatic heterocycles. The molecule has 0 bridgehead atoms. The molecule has 0 aliphatic carbocycles. The molecule has 3 saturated heterocycles. The van der Waals surface area contributed by atoms with E-state index in [0.29, 0.717) is 18.0 Å². The maximum atomic E-state index is 12.2. The molecule has 0 aromatic carbocycles. The first-order valence-electron chi connectivity index (χ1n) is 8.57. The van der Waals surface area contributed by atoms with Crippen molar-refractivity contribution in [3.8, 4) is 0 Å². The second-order valence-electron chi connectivity index (χ2n) is 6.79. The zero-order valence-corrected chi connectivity index (χ0v) is 15.0. The fourth-order valence-electron chi connectivity index (χ4n) is 4.20. The van der Waals surface area contributed by atoms with Crippen molar-refractivity contribution in [2.75, 3.05) is 26.2 Å². The molecule has 22 heavy (non-hydrogen) atoms. The molecule has 2 atom stereocenters. The Morgan fingerprint density at radius 3 is 2.59 bits per heavy atom. The van der Waals surface area contributed by atoms with Crippen molar-refractivity contribution < 1.29 is 4.79 Å². The third-order valence-electron chi connectivity index (χ3n) is 5.44. The molecule has 0 saturated carbocycles. The van der Waals surface area contributed by atoms with E-state index in [1.807, 2.05) is 0 Å². The number of hydrogen-bond donors (Lipinski definition) is 2. The molecular formula is C16H31Cl2N3O. The lowest BCUT2D eigenvalue weighted by Gasteiger charge is -2.32. The molecule has 0 aromatic rings. The zero-order chi connectivity index (χ0) is 13.8. The lowest BCUT2D eigenvalue weighted by molar-refractivity contribution is -0.122. The quantitative estimate of drug-likeness (QED) is 0.816. The van der Waals surface area contributed by atoms with Crippen LogP contribution >= 0.6 is 24.8 Å². The average Bonchev–Trinajstić information content (AvgIpc) is 2.90. The van der Waals surface area contributed by atoms with E-state index in [-0.39, 0.29) is 24.8 Å². The van der Waals surface area contributed by atoms with Gasteiger partial charge in [0, 0.05) is 25.0 Å². The van der Waals surface area contributed by atoms with Crippen LogP contribution in [0.5, 0.6) is 0 Å². The van der Waals surface area contributed by atoms with Gasteiger partial charge in [0.05, 0.1) is 0 Å². The summed E-state index contributed by atoms with van der Waals surface area (Å²) in [5.41, 5.74) is 0. The van der Waals surface area contributed by atoms with Crippen LogP contribution in [0.3, 0.4) is 0 Å². The highest BCUT2D eigenvalue weighted by atomic mass is 35.5. The molecule has 2 unspecified atom stereocenters. The van der Waals surface area contributed by atoms with Crippen molar-refractivity contribution in [2.45, 2.75) is 63.5 Å². The van der Waals surface area contributed by atoms with E-state index in [0.717, 1.165) is 38.3 Å². The number of nitrogens with one attached hydrogen (secondary N) is 2. The molecule has 3 aliphatic heterocycles. The van der Waals surface area contributed by atoms with Crippen molar-refractivity contribution in [3.05, 3.63) is 0 Å². The molecule has 2 N–H and O–H groups in total. The lowest BCUT2D eigenvalue weighted by atomic mass is 9.93. The molecule has 3 fully saturated rings. The van der Waals surface area contributed by atoms with Gasteiger partial charge in [-0.2, -0.15) is 0 Å². The molecule has 130 valence electrons. The van der Waals surface area contributed by atoms with Gasteiger partial charge in [-0.05, 0) is 64.1 Å². The van der Waals surface area contributed by atoms with Gasteiger partial charge in [-0.1, -0.05) is 6.42 Å². The van der Waals surface area contributed by atoms with Crippen LogP contribution < -0.4 is 10.6 Å². The minimum atomic E-state index is 0. The van der Waals surface area contributed by atoms with Gasteiger partial charge >= 0.3 is 0 Å². The molecule has 3 rings (SSSR count). The van der Waals surface area contributed by atoms with Gasteiger partial charge in [-0.15, -0.1) is 24.8 Å². The van der Waals surface area contributed by atoms with Crippen molar-refractivity contribution in [1.82, 2.24) is 15.5 Å². The summed E-state index contributed by atoms with van der Waals surface area (Å²) in [6, 6.07) is 1.06. The van der Waals surface area contributed by atoms with Gasteiger partial charge in [-0.25, -0.2) is 0 Å². The van der Waals surface area contributed by atoms with Crippen LogP contribution in [0.4, 0.5) is 0 Å². The van der Waals surface area contributed by atoms with E-state index >= 15 is 0 Å². The predicted octanol–water partition coefficient (Wildman–Crippen LogP) is 2.35. The summed E-state index contributed by atoms with van der Waals surface area (Å²) in [5, 5.41) is 6.71. The highest BCUT2D eigenvalue weighted by molar-refractivity contribution is 5.85. The third kappa shape index (κ3) is 5.26. The van der Waals surface area contributed by atoms with Crippen LogP contribution in [0.2, 0.25) is 0 Å². The Morgan fingerprint density at radius 1 is 1.05 bits per heavy atom. The summed E-state index contributed by atoms with van der Waals surface area (Å²) >= 11 is 0. The van der Waals surface area contributed by atoms with Crippen molar-refractivity contribution in [2.24, 2.45) is 5.92 Å². The van der Waals surface area contributed by atoms with Gasteiger partial charge < -0.3 is 10.6 Å². The summed E-state index contributed by atoms with van der Waals surface area (Å²) in [6.45, 7) is 4.69. The Hall–Kier alpha value is -0.0300. The Kier molecular flexibility index (Phi) is 9.07.